The summed E-state index contributed by atoms with van der Waals surface area (Å²) < 4.78 is 5.17. The quantitative estimate of drug-likeness (QED) is 0.764. The van der Waals surface area contributed by atoms with Crippen molar-refractivity contribution in [3.05, 3.63) is 29.8 Å². The normalized spacial score (nSPS) is 17.4. The average Bonchev–Trinajstić information content (AvgIpc) is 2.49. The summed E-state index contributed by atoms with van der Waals surface area (Å²) in [6.45, 7) is 6.39. The summed E-state index contributed by atoms with van der Waals surface area (Å²) in [6.07, 6.45) is 0.839. The SMILES string of the molecule is Br.COc1ccc(C(C)CCON2C(N)=NC(N)=NC2(C)C)cc1. The van der Waals surface area contributed by atoms with Gasteiger partial charge in [0, 0.05) is 0 Å². The Morgan fingerprint density at radius 1 is 1.21 bits per heavy atom. The lowest BCUT2D eigenvalue weighted by molar-refractivity contribution is -0.158. The smallest absolute Gasteiger partial charge is 0.226 e. The number of halogens is 1. The number of aliphatic imine (C=N–C) groups is 2. The third-order valence-corrected chi connectivity index (χ3v) is 3.78. The highest BCUT2D eigenvalue weighted by Crippen LogP contribution is 2.24. The van der Waals surface area contributed by atoms with Gasteiger partial charge in [-0.05, 0) is 43.9 Å². The first-order chi connectivity index (χ1) is 10.8. The van der Waals surface area contributed by atoms with Crippen molar-refractivity contribution in [3.8, 4) is 5.75 Å². The lowest BCUT2D eigenvalue weighted by atomic mass is 9.98. The molecule has 1 atom stereocenters. The zero-order valence-electron chi connectivity index (χ0n) is 14.5. The highest BCUT2D eigenvalue weighted by molar-refractivity contribution is 8.93. The van der Waals surface area contributed by atoms with Gasteiger partial charge in [-0.25, -0.2) is 4.99 Å². The van der Waals surface area contributed by atoms with Gasteiger partial charge >= 0.3 is 0 Å². The number of benzene rings is 1. The Hall–Kier alpha value is -1.80. The molecule has 1 aromatic carbocycles. The number of guanidine groups is 2. The minimum atomic E-state index is -0.667. The third kappa shape index (κ3) is 4.85. The molecule has 7 nitrogen and oxygen atoms in total. The predicted molar refractivity (Wildman–Crippen MR) is 101 cm³/mol. The van der Waals surface area contributed by atoms with Crippen molar-refractivity contribution < 1.29 is 9.57 Å². The molecule has 8 heteroatoms. The highest BCUT2D eigenvalue weighted by atomic mass is 79.9. The number of nitrogens with zero attached hydrogens (tertiary/aromatic N) is 3. The van der Waals surface area contributed by atoms with Crippen LogP contribution in [0.1, 0.15) is 38.7 Å². The third-order valence-electron chi connectivity index (χ3n) is 3.78. The Morgan fingerprint density at radius 3 is 2.38 bits per heavy atom. The molecular formula is C16H26BrN5O2. The summed E-state index contributed by atoms with van der Waals surface area (Å²) in [5.74, 6) is 1.59. The maximum atomic E-state index is 5.88. The van der Waals surface area contributed by atoms with E-state index in [2.05, 4.69) is 29.0 Å². The molecule has 0 saturated carbocycles. The van der Waals surface area contributed by atoms with Gasteiger partial charge in [0.05, 0.1) is 13.7 Å². The summed E-state index contributed by atoms with van der Waals surface area (Å²) in [5.41, 5.74) is 12.1. The minimum Gasteiger partial charge on any atom is -0.497 e. The first-order valence-corrected chi connectivity index (χ1v) is 7.60. The summed E-state index contributed by atoms with van der Waals surface area (Å²) in [4.78, 5) is 14.0. The molecule has 0 radical (unpaired) electrons. The lowest BCUT2D eigenvalue weighted by Gasteiger charge is -2.36. The number of hydroxylamine groups is 2. The van der Waals surface area contributed by atoms with Gasteiger partial charge in [-0.3, -0.25) is 4.84 Å². The van der Waals surface area contributed by atoms with Crippen molar-refractivity contribution >= 4 is 28.9 Å². The van der Waals surface area contributed by atoms with Gasteiger partial charge in [0.15, 0.2) is 5.66 Å². The van der Waals surface area contributed by atoms with E-state index >= 15 is 0 Å². The van der Waals surface area contributed by atoms with Crippen LogP contribution in [-0.4, -0.2) is 36.4 Å². The number of ether oxygens (including phenoxy) is 1. The molecule has 0 fully saturated rings. The van der Waals surface area contributed by atoms with E-state index in [1.165, 1.54) is 10.6 Å². The fraction of sp³-hybridized carbons (Fsp3) is 0.500. The molecule has 134 valence electrons. The van der Waals surface area contributed by atoms with Crippen LogP contribution in [0.15, 0.2) is 34.3 Å². The Morgan fingerprint density at radius 2 is 1.83 bits per heavy atom. The molecule has 0 amide bonds. The van der Waals surface area contributed by atoms with Crippen molar-refractivity contribution in [1.82, 2.24) is 5.06 Å². The molecule has 0 saturated heterocycles. The van der Waals surface area contributed by atoms with Crippen molar-refractivity contribution in [2.75, 3.05) is 13.7 Å². The zero-order valence-corrected chi connectivity index (χ0v) is 16.2. The maximum Gasteiger partial charge on any atom is 0.226 e. The van der Waals surface area contributed by atoms with Crippen LogP contribution in [0.4, 0.5) is 0 Å². The number of hydrogen-bond donors (Lipinski definition) is 2. The van der Waals surface area contributed by atoms with Crippen molar-refractivity contribution in [2.45, 2.75) is 38.8 Å². The molecule has 4 N–H and O–H groups in total. The molecule has 0 bridgehead atoms. The molecule has 24 heavy (non-hydrogen) atoms. The molecule has 2 rings (SSSR count). The van der Waals surface area contributed by atoms with Crippen LogP contribution in [0.5, 0.6) is 5.75 Å². The average molecular weight is 400 g/mol. The molecule has 1 heterocycles. The van der Waals surface area contributed by atoms with Gasteiger partial charge < -0.3 is 16.2 Å². The minimum absolute atomic E-state index is 0. The van der Waals surface area contributed by atoms with Crippen molar-refractivity contribution in [3.63, 3.8) is 0 Å². The van der Waals surface area contributed by atoms with Gasteiger partial charge in [-0.1, -0.05) is 19.1 Å². The zero-order chi connectivity index (χ0) is 17.0. The Kier molecular flexibility index (Phi) is 7.04. The highest BCUT2D eigenvalue weighted by Gasteiger charge is 2.33. The topological polar surface area (TPSA) is 98.5 Å². The lowest BCUT2D eigenvalue weighted by Crippen LogP contribution is -2.53. The molecule has 0 spiro atoms. The molecular weight excluding hydrogens is 374 g/mol. The summed E-state index contributed by atoms with van der Waals surface area (Å²) in [6, 6.07) is 8.05. The second-order valence-corrected chi connectivity index (χ2v) is 6.02. The van der Waals surface area contributed by atoms with Gasteiger partial charge in [0.25, 0.3) is 0 Å². The number of rotatable bonds is 6. The van der Waals surface area contributed by atoms with E-state index in [0.717, 1.165) is 12.2 Å². The fourth-order valence-corrected chi connectivity index (χ4v) is 2.44. The first kappa shape index (κ1) is 20.2. The largest absolute Gasteiger partial charge is 0.497 e. The van der Waals surface area contributed by atoms with Gasteiger partial charge in [-0.15, -0.1) is 17.0 Å². The van der Waals surface area contributed by atoms with E-state index in [4.69, 9.17) is 21.0 Å². The van der Waals surface area contributed by atoms with Crippen LogP contribution >= 0.6 is 17.0 Å². The summed E-state index contributed by atoms with van der Waals surface area (Å²) >= 11 is 0. The van der Waals surface area contributed by atoms with E-state index in [1.54, 1.807) is 7.11 Å². The fourth-order valence-electron chi connectivity index (χ4n) is 2.44. The van der Waals surface area contributed by atoms with Crippen LogP contribution in [0.25, 0.3) is 0 Å². The summed E-state index contributed by atoms with van der Waals surface area (Å²) in [5, 5.41) is 1.50. The van der Waals surface area contributed by atoms with Crippen LogP contribution in [0.2, 0.25) is 0 Å². The second-order valence-electron chi connectivity index (χ2n) is 6.02. The van der Waals surface area contributed by atoms with E-state index < -0.39 is 5.66 Å². The molecule has 1 unspecified atom stereocenters. The van der Waals surface area contributed by atoms with Crippen LogP contribution in [0, 0.1) is 0 Å². The number of nitrogens with two attached hydrogens (primary N) is 2. The Balaban J connectivity index is 0.00000288. The van der Waals surface area contributed by atoms with Gasteiger partial charge in [0.1, 0.15) is 5.75 Å². The van der Waals surface area contributed by atoms with E-state index in [9.17, 15) is 0 Å². The Labute approximate surface area is 153 Å². The Bertz CT molecular complexity index is 601. The van der Waals surface area contributed by atoms with E-state index in [-0.39, 0.29) is 28.9 Å². The van der Waals surface area contributed by atoms with Gasteiger partial charge in [0.2, 0.25) is 11.9 Å². The van der Waals surface area contributed by atoms with Crippen molar-refractivity contribution in [2.24, 2.45) is 21.5 Å². The first-order valence-electron chi connectivity index (χ1n) is 7.60. The summed E-state index contributed by atoms with van der Waals surface area (Å²) in [7, 11) is 1.66. The van der Waals surface area contributed by atoms with E-state index in [1.807, 2.05) is 26.0 Å². The second kappa shape index (κ2) is 8.34. The molecule has 1 aliphatic heterocycles. The molecule has 1 aromatic rings. The van der Waals surface area contributed by atoms with E-state index in [0.29, 0.717) is 12.5 Å². The molecule has 0 aromatic heterocycles. The maximum absolute atomic E-state index is 5.88. The van der Waals surface area contributed by atoms with Crippen molar-refractivity contribution in [1.29, 1.82) is 0 Å². The molecule has 1 aliphatic rings. The number of hydrogen-bond acceptors (Lipinski definition) is 7. The van der Waals surface area contributed by atoms with Crippen LogP contribution in [0.3, 0.4) is 0 Å². The standard InChI is InChI=1S/C16H25N5O2.BrH/c1-11(12-5-7-13(22-4)8-6-12)9-10-23-21-15(18)19-14(17)20-16(21,2)3;/h5-8,11H,9-10H2,1-4H3,(H4,17,18,19,20);1H. The van der Waals surface area contributed by atoms with Gasteiger partial charge in [-0.2, -0.15) is 10.1 Å². The number of methoxy groups -OCH3 is 1. The molecule has 0 aliphatic carbocycles. The van der Waals surface area contributed by atoms with Crippen LogP contribution in [-0.2, 0) is 4.84 Å². The monoisotopic (exact) mass is 399 g/mol. The predicted octanol–water partition coefficient (Wildman–Crippen LogP) is 2.38. The van der Waals surface area contributed by atoms with Crippen LogP contribution < -0.4 is 16.2 Å².